The van der Waals surface area contributed by atoms with Crippen LogP contribution in [0, 0.1) is 0 Å². The van der Waals surface area contributed by atoms with Crippen molar-refractivity contribution in [1.82, 2.24) is 0 Å². The Bertz CT molecular complexity index is 451. The number of rotatable bonds is 4. The highest BCUT2D eigenvalue weighted by Crippen LogP contribution is 2.18. The number of carbonyl (C=O) groups excluding carboxylic acids is 1. The Labute approximate surface area is 94.1 Å². The van der Waals surface area contributed by atoms with Gasteiger partial charge in [-0.15, -0.1) is 0 Å². The van der Waals surface area contributed by atoms with Crippen LogP contribution in [0.2, 0.25) is 0 Å². The van der Waals surface area contributed by atoms with Crippen molar-refractivity contribution in [2.75, 3.05) is 10.6 Å². The lowest BCUT2D eigenvalue weighted by Gasteiger charge is -2.06. The number of hydrogen-bond acceptors (Lipinski definition) is 2. The molecule has 0 aliphatic rings. The Kier molecular flexibility index (Phi) is 3.18. The molecule has 2 aromatic rings. The number of nitrogens with one attached hydrogen (secondary N) is 2. The lowest BCUT2D eigenvalue weighted by atomic mass is 10.2. The third-order valence-electron chi connectivity index (χ3n) is 2.17. The third kappa shape index (κ3) is 2.60. The van der Waals surface area contributed by atoms with Gasteiger partial charge in [0.1, 0.15) is 0 Å². The summed E-state index contributed by atoms with van der Waals surface area (Å²) in [6, 6.07) is 17.4. The molecule has 0 saturated heterocycles. The molecule has 0 aliphatic carbocycles. The fourth-order valence-corrected chi connectivity index (χ4v) is 1.41. The van der Waals surface area contributed by atoms with Gasteiger partial charge in [0.25, 0.3) is 0 Å². The predicted molar refractivity (Wildman–Crippen MR) is 65.9 cm³/mol. The van der Waals surface area contributed by atoms with Crippen LogP contribution in [0.1, 0.15) is 0 Å². The van der Waals surface area contributed by atoms with Gasteiger partial charge in [0.05, 0.1) is 0 Å². The first-order chi connectivity index (χ1) is 7.88. The van der Waals surface area contributed by atoms with Gasteiger partial charge in [-0.2, -0.15) is 0 Å². The Morgan fingerprint density at radius 1 is 0.750 bits per heavy atom. The molecule has 2 rings (SSSR count). The van der Waals surface area contributed by atoms with Gasteiger partial charge in [0.15, 0.2) is 0 Å². The van der Waals surface area contributed by atoms with Gasteiger partial charge in [-0.3, -0.25) is 4.79 Å². The van der Waals surface area contributed by atoms with E-state index in [1.54, 1.807) is 0 Å². The summed E-state index contributed by atoms with van der Waals surface area (Å²) in [6.45, 7) is 0. The molecule has 3 heteroatoms. The van der Waals surface area contributed by atoms with Crippen molar-refractivity contribution in [3.63, 3.8) is 0 Å². The lowest BCUT2D eigenvalue weighted by Crippen LogP contribution is -1.94. The largest absolute Gasteiger partial charge is 0.356 e. The molecule has 0 heterocycles. The number of amides is 1. The molecule has 0 spiro atoms. The van der Waals surface area contributed by atoms with Crippen molar-refractivity contribution >= 4 is 23.5 Å². The van der Waals surface area contributed by atoms with E-state index in [-0.39, 0.29) is 0 Å². The predicted octanol–water partition coefficient (Wildman–Crippen LogP) is 3.00. The minimum atomic E-state index is 0.666. The molecule has 16 heavy (non-hydrogen) atoms. The van der Waals surface area contributed by atoms with Crippen LogP contribution >= 0.6 is 0 Å². The number of carbonyl (C=O) groups is 1. The molecular formula is C13H12N2O. The smallest absolute Gasteiger partial charge is 0.211 e. The van der Waals surface area contributed by atoms with Crippen LogP contribution in [0.4, 0.5) is 17.1 Å². The summed E-state index contributed by atoms with van der Waals surface area (Å²) in [6.07, 6.45) is 0.666. The zero-order valence-electron chi connectivity index (χ0n) is 8.68. The van der Waals surface area contributed by atoms with Gasteiger partial charge >= 0.3 is 0 Å². The van der Waals surface area contributed by atoms with Gasteiger partial charge in [-0.25, -0.2) is 0 Å². The minimum absolute atomic E-state index is 0.666. The summed E-state index contributed by atoms with van der Waals surface area (Å²) in [5, 5.41) is 5.85. The summed E-state index contributed by atoms with van der Waals surface area (Å²) < 4.78 is 0. The first kappa shape index (κ1) is 10.2. The maximum atomic E-state index is 10.2. The van der Waals surface area contributed by atoms with Crippen molar-refractivity contribution in [2.24, 2.45) is 0 Å². The standard InChI is InChI=1S/C13H12N2O/c16-10-14-11-6-8-13(9-7-11)15-12-4-2-1-3-5-12/h1-10,15H,(H,14,16). The van der Waals surface area contributed by atoms with Crippen molar-refractivity contribution < 1.29 is 4.79 Å². The molecule has 2 aromatic carbocycles. The Hall–Kier alpha value is -2.29. The molecule has 0 radical (unpaired) electrons. The minimum Gasteiger partial charge on any atom is -0.356 e. The van der Waals surface area contributed by atoms with Crippen molar-refractivity contribution in [2.45, 2.75) is 0 Å². The van der Waals surface area contributed by atoms with Gasteiger partial charge in [0.2, 0.25) is 6.41 Å². The zero-order valence-corrected chi connectivity index (χ0v) is 8.68. The second-order valence-corrected chi connectivity index (χ2v) is 3.33. The molecule has 1 amide bonds. The van der Waals surface area contributed by atoms with E-state index in [0.717, 1.165) is 17.1 Å². The molecule has 0 fully saturated rings. The highest BCUT2D eigenvalue weighted by molar-refractivity contribution is 5.72. The topological polar surface area (TPSA) is 41.1 Å². The second-order valence-electron chi connectivity index (χ2n) is 3.33. The average Bonchev–Trinajstić information content (AvgIpc) is 2.33. The molecule has 2 N–H and O–H groups in total. The van der Waals surface area contributed by atoms with Crippen LogP contribution in [-0.2, 0) is 4.79 Å². The van der Waals surface area contributed by atoms with E-state index in [9.17, 15) is 4.79 Å². The summed E-state index contributed by atoms with van der Waals surface area (Å²) in [7, 11) is 0. The molecule has 0 aromatic heterocycles. The number of para-hydroxylation sites is 1. The summed E-state index contributed by atoms with van der Waals surface area (Å²) in [4.78, 5) is 10.2. The van der Waals surface area contributed by atoms with Crippen LogP contribution in [0.5, 0.6) is 0 Å². The van der Waals surface area contributed by atoms with Crippen molar-refractivity contribution in [3.8, 4) is 0 Å². The molecule has 0 atom stereocenters. The monoisotopic (exact) mass is 212 g/mol. The van der Waals surface area contributed by atoms with Gasteiger partial charge in [-0.1, -0.05) is 18.2 Å². The van der Waals surface area contributed by atoms with Crippen molar-refractivity contribution in [3.05, 3.63) is 54.6 Å². The molecule has 3 nitrogen and oxygen atoms in total. The van der Waals surface area contributed by atoms with Gasteiger partial charge in [0, 0.05) is 17.1 Å². The molecule has 0 bridgehead atoms. The van der Waals surface area contributed by atoms with Crippen molar-refractivity contribution in [1.29, 1.82) is 0 Å². The van der Waals surface area contributed by atoms with Crippen LogP contribution in [0.25, 0.3) is 0 Å². The Morgan fingerprint density at radius 3 is 1.94 bits per heavy atom. The maximum absolute atomic E-state index is 10.2. The van der Waals surface area contributed by atoms with E-state index in [0.29, 0.717) is 6.41 Å². The van der Waals surface area contributed by atoms with E-state index in [4.69, 9.17) is 0 Å². The fraction of sp³-hybridized carbons (Fsp3) is 0. The maximum Gasteiger partial charge on any atom is 0.211 e. The Balaban J connectivity index is 2.08. The van der Waals surface area contributed by atoms with E-state index in [1.807, 2.05) is 54.6 Å². The number of hydrogen-bond donors (Lipinski definition) is 2. The zero-order chi connectivity index (χ0) is 11.2. The first-order valence-corrected chi connectivity index (χ1v) is 5.01. The SMILES string of the molecule is O=CNc1ccc(Nc2ccccc2)cc1. The summed E-state index contributed by atoms with van der Waals surface area (Å²) in [5.41, 5.74) is 2.81. The third-order valence-corrected chi connectivity index (χ3v) is 2.17. The average molecular weight is 212 g/mol. The second kappa shape index (κ2) is 4.98. The quantitative estimate of drug-likeness (QED) is 0.765. The first-order valence-electron chi connectivity index (χ1n) is 5.01. The van der Waals surface area contributed by atoms with E-state index < -0.39 is 0 Å². The van der Waals surface area contributed by atoms with E-state index in [1.165, 1.54) is 0 Å². The molecular weight excluding hydrogens is 200 g/mol. The summed E-state index contributed by atoms with van der Waals surface area (Å²) >= 11 is 0. The van der Waals surface area contributed by atoms with E-state index >= 15 is 0 Å². The summed E-state index contributed by atoms with van der Waals surface area (Å²) in [5.74, 6) is 0. The highest BCUT2D eigenvalue weighted by atomic mass is 16.1. The molecule has 0 saturated carbocycles. The molecule has 0 aliphatic heterocycles. The molecule has 80 valence electrons. The van der Waals surface area contributed by atoms with E-state index in [2.05, 4.69) is 10.6 Å². The van der Waals surface area contributed by atoms with Crippen LogP contribution in [0.15, 0.2) is 54.6 Å². The van der Waals surface area contributed by atoms with Crippen LogP contribution in [-0.4, -0.2) is 6.41 Å². The van der Waals surface area contributed by atoms with Crippen LogP contribution in [0.3, 0.4) is 0 Å². The van der Waals surface area contributed by atoms with Gasteiger partial charge in [-0.05, 0) is 36.4 Å². The normalized spacial score (nSPS) is 9.50. The molecule has 0 unspecified atom stereocenters. The van der Waals surface area contributed by atoms with Crippen LogP contribution < -0.4 is 10.6 Å². The highest BCUT2D eigenvalue weighted by Gasteiger charge is 1.94. The van der Waals surface area contributed by atoms with Gasteiger partial charge < -0.3 is 10.6 Å². The fourth-order valence-electron chi connectivity index (χ4n) is 1.41. The Morgan fingerprint density at radius 2 is 1.31 bits per heavy atom. The number of anilines is 3. The lowest BCUT2D eigenvalue weighted by molar-refractivity contribution is -0.105. The number of benzene rings is 2.